The van der Waals surface area contributed by atoms with E-state index in [4.69, 9.17) is 0 Å². The molecule has 0 aliphatic carbocycles. The summed E-state index contributed by atoms with van der Waals surface area (Å²) in [4.78, 5) is 0. The molecule has 0 heterocycles. The van der Waals surface area contributed by atoms with E-state index in [1.54, 1.807) is 0 Å². The molecule has 136 valence electrons. The Morgan fingerprint density at radius 2 is 0.893 bits per heavy atom. The van der Waals surface area contributed by atoms with Crippen molar-refractivity contribution in [1.29, 1.82) is 0 Å². The van der Waals surface area contributed by atoms with Crippen LogP contribution in [0.1, 0.15) is 27.8 Å². The first kappa shape index (κ1) is 18.5. The van der Waals surface area contributed by atoms with Crippen LogP contribution < -0.4 is 0 Å². The molecule has 0 unspecified atom stereocenters. The van der Waals surface area contributed by atoms with Gasteiger partial charge in [0.2, 0.25) is 0 Å². The van der Waals surface area contributed by atoms with E-state index in [1.807, 2.05) is 0 Å². The van der Waals surface area contributed by atoms with Gasteiger partial charge in [-0.1, -0.05) is 119 Å². The molecule has 1 heteroatoms. The second-order valence-electron chi connectivity index (χ2n) is 6.81. The summed E-state index contributed by atoms with van der Waals surface area (Å²) >= 11 is 3.65. The Balaban J connectivity index is 2.10. The first-order valence-electron chi connectivity index (χ1n) is 9.41. The summed E-state index contributed by atoms with van der Waals surface area (Å²) < 4.78 is 1.13. The highest BCUT2D eigenvalue weighted by molar-refractivity contribution is 9.10. The third-order valence-electron chi connectivity index (χ3n) is 4.88. The van der Waals surface area contributed by atoms with Crippen molar-refractivity contribution in [3.63, 3.8) is 0 Å². The SMILES string of the molecule is Cc1cc(C(=C(c2ccccc2)c2ccccc2)c2ccccc2)ccc1Br. The predicted molar refractivity (Wildman–Crippen MR) is 123 cm³/mol. The summed E-state index contributed by atoms with van der Waals surface area (Å²) in [6.07, 6.45) is 0. The minimum Gasteiger partial charge on any atom is -0.0622 e. The fourth-order valence-corrected chi connectivity index (χ4v) is 3.77. The van der Waals surface area contributed by atoms with E-state index in [-0.39, 0.29) is 0 Å². The lowest BCUT2D eigenvalue weighted by atomic mass is 9.85. The second-order valence-corrected chi connectivity index (χ2v) is 7.67. The van der Waals surface area contributed by atoms with Gasteiger partial charge in [0.1, 0.15) is 0 Å². The van der Waals surface area contributed by atoms with E-state index in [1.165, 1.54) is 39.0 Å². The Morgan fingerprint density at radius 1 is 0.500 bits per heavy atom. The summed E-state index contributed by atoms with van der Waals surface area (Å²) in [6.45, 7) is 2.14. The fourth-order valence-electron chi connectivity index (χ4n) is 3.53. The van der Waals surface area contributed by atoms with Crippen LogP contribution in [0.15, 0.2) is 114 Å². The molecule has 0 N–H and O–H groups in total. The Labute approximate surface area is 175 Å². The van der Waals surface area contributed by atoms with Crippen molar-refractivity contribution in [2.75, 3.05) is 0 Å². The lowest BCUT2D eigenvalue weighted by Crippen LogP contribution is -1.98. The monoisotopic (exact) mass is 424 g/mol. The lowest BCUT2D eigenvalue weighted by Gasteiger charge is -2.18. The number of benzene rings is 4. The van der Waals surface area contributed by atoms with Crippen LogP contribution >= 0.6 is 15.9 Å². The third-order valence-corrected chi connectivity index (χ3v) is 5.77. The molecule has 0 bridgehead atoms. The Morgan fingerprint density at radius 3 is 1.29 bits per heavy atom. The van der Waals surface area contributed by atoms with E-state index in [9.17, 15) is 0 Å². The van der Waals surface area contributed by atoms with Crippen molar-refractivity contribution in [3.8, 4) is 0 Å². The molecule has 0 spiro atoms. The summed E-state index contributed by atoms with van der Waals surface area (Å²) in [5.74, 6) is 0. The molecule has 0 atom stereocenters. The highest BCUT2D eigenvalue weighted by Crippen LogP contribution is 2.37. The van der Waals surface area contributed by atoms with Crippen molar-refractivity contribution < 1.29 is 0 Å². The quantitative estimate of drug-likeness (QED) is 0.293. The van der Waals surface area contributed by atoms with Crippen LogP contribution in [-0.4, -0.2) is 0 Å². The molecule has 0 saturated carbocycles. The molecule has 0 aliphatic heterocycles. The molecule has 0 aliphatic rings. The maximum absolute atomic E-state index is 3.65. The van der Waals surface area contributed by atoms with Crippen LogP contribution in [0.25, 0.3) is 11.1 Å². The summed E-state index contributed by atoms with van der Waals surface area (Å²) in [5, 5.41) is 0. The van der Waals surface area contributed by atoms with Gasteiger partial charge in [-0.3, -0.25) is 0 Å². The maximum atomic E-state index is 3.65. The molecule has 28 heavy (non-hydrogen) atoms. The average Bonchev–Trinajstić information content (AvgIpc) is 2.76. The average molecular weight is 425 g/mol. The van der Waals surface area contributed by atoms with Gasteiger partial charge in [0.25, 0.3) is 0 Å². The topological polar surface area (TPSA) is 0 Å². The van der Waals surface area contributed by atoms with Gasteiger partial charge in [-0.2, -0.15) is 0 Å². The van der Waals surface area contributed by atoms with Crippen molar-refractivity contribution in [1.82, 2.24) is 0 Å². The molecule has 0 aromatic heterocycles. The third kappa shape index (κ3) is 3.85. The molecule has 0 fully saturated rings. The number of hydrogen-bond donors (Lipinski definition) is 0. The van der Waals surface area contributed by atoms with Crippen LogP contribution in [-0.2, 0) is 0 Å². The zero-order valence-corrected chi connectivity index (χ0v) is 17.4. The smallest absolute Gasteiger partial charge is 0.0204 e. The van der Waals surface area contributed by atoms with Gasteiger partial charge in [0.15, 0.2) is 0 Å². The van der Waals surface area contributed by atoms with Crippen molar-refractivity contribution in [2.45, 2.75) is 6.92 Å². The highest BCUT2D eigenvalue weighted by Gasteiger charge is 2.16. The first-order chi connectivity index (χ1) is 13.7. The van der Waals surface area contributed by atoms with Crippen LogP contribution in [0.3, 0.4) is 0 Å². The number of hydrogen-bond acceptors (Lipinski definition) is 0. The van der Waals surface area contributed by atoms with Crippen molar-refractivity contribution in [2.24, 2.45) is 0 Å². The molecule has 0 amide bonds. The molecular formula is C27H21Br. The van der Waals surface area contributed by atoms with Gasteiger partial charge in [0.05, 0.1) is 0 Å². The van der Waals surface area contributed by atoms with Gasteiger partial charge < -0.3 is 0 Å². The first-order valence-corrected chi connectivity index (χ1v) is 10.2. The lowest BCUT2D eigenvalue weighted by molar-refractivity contribution is 1.40. The molecular weight excluding hydrogens is 404 g/mol. The van der Waals surface area contributed by atoms with E-state index in [0.29, 0.717) is 0 Å². The number of rotatable bonds is 4. The van der Waals surface area contributed by atoms with Crippen molar-refractivity contribution >= 4 is 27.1 Å². The second kappa shape index (κ2) is 8.41. The van der Waals surface area contributed by atoms with E-state index >= 15 is 0 Å². The van der Waals surface area contributed by atoms with E-state index in [2.05, 4.69) is 132 Å². The van der Waals surface area contributed by atoms with Gasteiger partial charge in [0, 0.05) is 4.47 Å². The molecule has 4 rings (SSSR count). The van der Waals surface area contributed by atoms with Gasteiger partial charge >= 0.3 is 0 Å². The number of aryl methyl sites for hydroxylation is 1. The van der Waals surface area contributed by atoms with Crippen LogP contribution in [0.4, 0.5) is 0 Å². The van der Waals surface area contributed by atoms with Crippen LogP contribution in [0.5, 0.6) is 0 Å². The minimum absolute atomic E-state index is 1.13. The largest absolute Gasteiger partial charge is 0.0622 e. The minimum atomic E-state index is 1.13. The molecule has 0 nitrogen and oxygen atoms in total. The molecule has 0 saturated heterocycles. The molecule has 4 aromatic rings. The van der Waals surface area contributed by atoms with E-state index in [0.717, 1.165) is 4.47 Å². The zero-order valence-electron chi connectivity index (χ0n) is 15.8. The highest BCUT2D eigenvalue weighted by atomic mass is 79.9. The summed E-state index contributed by atoms with van der Waals surface area (Å²) in [5.41, 5.74) is 8.58. The normalized spacial score (nSPS) is 10.5. The number of halogens is 1. The summed E-state index contributed by atoms with van der Waals surface area (Å²) in [7, 11) is 0. The fraction of sp³-hybridized carbons (Fsp3) is 0.0370. The Bertz CT molecular complexity index is 1050. The molecule has 4 aromatic carbocycles. The standard InChI is InChI=1S/C27H21Br/c1-20-19-24(17-18-25(20)28)27(23-15-9-4-10-16-23)26(21-11-5-2-6-12-21)22-13-7-3-8-14-22/h2-19H,1H3. The maximum Gasteiger partial charge on any atom is 0.0204 e. The zero-order chi connectivity index (χ0) is 19.3. The Kier molecular flexibility index (Phi) is 5.55. The van der Waals surface area contributed by atoms with Crippen LogP contribution in [0.2, 0.25) is 0 Å². The van der Waals surface area contributed by atoms with Gasteiger partial charge in [-0.15, -0.1) is 0 Å². The van der Waals surface area contributed by atoms with E-state index < -0.39 is 0 Å². The summed E-state index contributed by atoms with van der Waals surface area (Å²) in [6, 6.07) is 38.6. The van der Waals surface area contributed by atoms with Gasteiger partial charge in [-0.05, 0) is 52.0 Å². The van der Waals surface area contributed by atoms with Gasteiger partial charge in [-0.25, -0.2) is 0 Å². The Hall–Kier alpha value is -2.90. The molecule has 0 radical (unpaired) electrons. The van der Waals surface area contributed by atoms with Crippen LogP contribution in [0, 0.1) is 6.92 Å². The van der Waals surface area contributed by atoms with Crippen molar-refractivity contribution in [3.05, 3.63) is 141 Å². The predicted octanol–water partition coefficient (Wildman–Crippen LogP) is 7.76.